The number of pyridine rings is 1. The molecule has 0 spiro atoms. The lowest BCUT2D eigenvalue weighted by atomic mass is 10.1. The number of hydrogen-bond donors (Lipinski definition) is 0. The molecule has 0 aliphatic carbocycles. The highest BCUT2D eigenvalue weighted by Gasteiger charge is 2.40. The molecule has 23 heavy (non-hydrogen) atoms. The monoisotopic (exact) mass is 332 g/mol. The molecule has 0 N–H and O–H groups in total. The molecule has 0 atom stereocenters. The Balaban J connectivity index is 1.69. The van der Waals surface area contributed by atoms with E-state index < -0.39 is 15.1 Å². The van der Waals surface area contributed by atoms with Gasteiger partial charge in [0, 0.05) is 25.5 Å². The highest BCUT2D eigenvalue weighted by atomic mass is 32.2. The molecule has 1 fully saturated rings. The molecule has 2 aromatic rings. The van der Waals surface area contributed by atoms with Gasteiger partial charge in [0.2, 0.25) is 0 Å². The van der Waals surface area contributed by atoms with Crippen molar-refractivity contribution in [2.24, 2.45) is 0 Å². The van der Waals surface area contributed by atoms with Crippen LogP contribution in [0, 0.1) is 0 Å². The minimum atomic E-state index is -3.44. The summed E-state index contributed by atoms with van der Waals surface area (Å²) >= 11 is 0. The average molecular weight is 332 g/mol. The fourth-order valence-corrected chi connectivity index (χ4v) is 4.08. The van der Waals surface area contributed by atoms with Crippen LogP contribution < -0.4 is 4.74 Å². The fourth-order valence-electron chi connectivity index (χ4n) is 2.43. The Kier molecular flexibility index (Phi) is 4.04. The number of likely N-dealkylation sites (tertiary alicyclic amines) is 1. The van der Waals surface area contributed by atoms with E-state index in [2.05, 4.69) is 4.98 Å². The fraction of sp³-hybridized carbons (Fsp3) is 0.250. The third-order valence-corrected chi connectivity index (χ3v) is 5.98. The Morgan fingerprint density at radius 2 is 1.91 bits per heavy atom. The van der Waals surface area contributed by atoms with Crippen LogP contribution in [0.4, 0.5) is 0 Å². The molecule has 3 rings (SSSR count). The van der Waals surface area contributed by atoms with Crippen molar-refractivity contribution in [2.45, 2.75) is 10.1 Å². The molecule has 1 aliphatic rings. The van der Waals surface area contributed by atoms with Crippen molar-refractivity contribution < 1.29 is 17.9 Å². The lowest BCUT2D eigenvalue weighted by Gasteiger charge is -2.38. The predicted molar refractivity (Wildman–Crippen MR) is 84.1 cm³/mol. The molecule has 2 heterocycles. The van der Waals surface area contributed by atoms with Crippen molar-refractivity contribution in [3.8, 4) is 5.75 Å². The van der Waals surface area contributed by atoms with E-state index >= 15 is 0 Å². The molecule has 1 aromatic carbocycles. The minimum Gasteiger partial charge on any atom is -0.497 e. The van der Waals surface area contributed by atoms with E-state index in [1.54, 1.807) is 30.5 Å². The highest BCUT2D eigenvalue weighted by Crippen LogP contribution is 2.26. The van der Waals surface area contributed by atoms with Gasteiger partial charge in [0.05, 0.1) is 17.6 Å². The molecule has 120 valence electrons. The van der Waals surface area contributed by atoms with E-state index in [9.17, 15) is 13.2 Å². The smallest absolute Gasteiger partial charge is 0.255 e. The molecule has 7 heteroatoms. The van der Waals surface area contributed by atoms with Gasteiger partial charge in [-0.15, -0.1) is 0 Å². The predicted octanol–water partition coefficient (Wildman–Crippen LogP) is 1.39. The van der Waals surface area contributed by atoms with Crippen LogP contribution >= 0.6 is 0 Å². The number of rotatable bonds is 4. The van der Waals surface area contributed by atoms with Crippen molar-refractivity contribution >= 4 is 15.7 Å². The summed E-state index contributed by atoms with van der Waals surface area (Å²) in [5.41, 5.74) is 0.466. The Hall–Kier alpha value is -2.41. The number of amides is 1. The van der Waals surface area contributed by atoms with Crippen LogP contribution in [-0.4, -0.2) is 49.7 Å². The van der Waals surface area contributed by atoms with Crippen molar-refractivity contribution in [3.63, 3.8) is 0 Å². The Bertz CT molecular complexity index is 798. The first-order valence-corrected chi connectivity index (χ1v) is 8.64. The summed E-state index contributed by atoms with van der Waals surface area (Å²) in [6, 6.07) is 9.63. The molecular weight excluding hydrogens is 316 g/mol. The second-order valence-corrected chi connectivity index (χ2v) is 7.52. The second kappa shape index (κ2) is 6.00. The molecule has 1 aliphatic heterocycles. The van der Waals surface area contributed by atoms with Gasteiger partial charge in [-0.3, -0.25) is 9.78 Å². The SMILES string of the molecule is COc1ccc(S(=O)(=O)C2CN(C(=O)c3cccnc3)C2)cc1. The van der Waals surface area contributed by atoms with Gasteiger partial charge in [-0.25, -0.2) is 8.42 Å². The Labute approximate surface area is 134 Å². The molecule has 1 amide bonds. The number of hydrogen-bond acceptors (Lipinski definition) is 5. The molecule has 6 nitrogen and oxygen atoms in total. The van der Waals surface area contributed by atoms with Crippen molar-refractivity contribution in [1.82, 2.24) is 9.88 Å². The summed E-state index contributed by atoms with van der Waals surface area (Å²) in [7, 11) is -1.92. The number of carbonyl (C=O) groups is 1. The number of methoxy groups -OCH3 is 1. The van der Waals surface area contributed by atoms with Crippen LogP contribution in [0.5, 0.6) is 5.75 Å². The van der Waals surface area contributed by atoms with Crippen molar-refractivity contribution in [2.75, 3.05) is 20.2 Å². The van der Waals surface area contributed by atoms with Gasteiger partial charge >= 0.3 is 0 Å². The number of ether oxygens (including phenoxy) is 1. The van der Waals surface area contributed by atoms with E-state index in [0.29, 0.717) is 11.3 Å². The molecule has 0 bridgehead atoms. The van der Waals surface area contributed by atoms with E-state index in [0.717, 1.165) is 0 Å². The van der Waals surface area contributed by atoms with Gasteiger partial charge in [0.1, 0.15) is 11.0 Å². The van der Waals surface area contributed by atoms with Gasteiger partial charge in [-0.05, 0) is 36.4 Å². The number of nitrogens with zero attached hydrogens (tertiary/aromatic N) is 2. The third-order valence-electron chi connectivity index (χ3n) is 3.87. The lowest BCUT2D eigenvalue weighted by molar-refractivity contribution is 0.0658. The first-order chi connectivity index (χ1) is 11.0. The largest absolute Gasteiger partial charge is 0.497 e. The van der Waals surface area contributed by atoms with Crippen LogP contribution in [0.2, 0.25) is 0 Å². The summed E-state index contributed by atoms with van der Waals surface area (Å²) < 4.78 is 30.1. The summed E-state index contributed by atoms with van der Waals surface area (Å²) in [5.74, 6) is 0.408. The van der Waals surface area contributed by atoms with E-state index in [4.69, 9.17) is 4.74 Å². The topological polar surface area (TPSA) is 76.6 Å². The van der Waals surface area contributed by atoms with Gasteiger partial charge in [0.15, 0.2) is 9.84 Å². The third kappa shape index (κ3) is 2.92. The van der Waals surface area contributed by atoms with E-state index in [1.165, 1.54) is 30.3 Å². The average Bonchev–Trinajstić information content (AvgIpc) is 2.54. The molecule has 1 saturated heterocycles. The zero-order chi connectivity index (χ0) is 16.4. The zero-order valence-electron chi connectivity index (χ0n) is 12.5. The van der Waals surface area contributed by atoms with E-state index in [-0.39, 0.29) is 23.9 Å². The molecule has 0 radical (unpaired) electrons. The van der Waals surface area contributed by atoms with Crippen LogP contribution in [0.25, 0.3) is 0 Å². The summed E-state index contributed by atoms with van der Waals surface area (Å²) in [4.78, 5) is 17.9. The standard InChI is InChI=1S/C16H16N2O4S/c1-22-13-4-6-14(7-5-13)23(20,21)15-10-18(11-15)16(19)12-3-2-8-17-9-12/h2-9,15H,10-11H2,1H3. The van der Waals surface area contributed by atoms with Crippen LogP contribution in [0.3, 0.4) is 0 Å². The van der Waals surface area contributed by atoms with Crippen molar-refractivity contribution in [1.29, 1.82) is 0 Å². The first kappa shape index (κ1) is 15.5. The van der Waals surface area contributed by atoms with Gasteiger partial charge in [-0.2, -0.15) is 0 Å². The molecule has 0 saturated carbocycles. The number of aromatic nitrogens is 1. The molecular formula is C16H16N2O4S. The quantitative estimate of drug-likeness (QED) is 0.845. The maximum absolute atomic E-state index is 12.5. The van der Waals surface area contributed by atoms with E-state index in [1.807, 2.05) is 0 Å². The first-order valence-electron chi connectivity index (χ1n) is 7.09. The maximum atomic E-state index is 12.5. The van der Waals surface area contributed by atoms with Gasteiger partial charge < -0.3 is 9.64 Å². The molecule has 1 aromatic heterocycles. The Morgan fingerprint density at radius 1 is 1.22 bits per heavy atom. The summed E-state index contributed by atoms with van der Waals surface area (Å²) in [5, 5.41) is -0.573. The van der Waals surface area contributed by atoms with Crippen molar-refractivity contribution in [3.05, 3.63) is 54.4 Å². The summed E-state index contributed by atoms with van der Waals surface area (Å²) in [6.07, 6.45) is 3.07. The van der Waals surface area contributed by atoms with Crippen LogP contribution in [-0.2, 0) is 9.84 Å². The molecule has 0 unspecified atom stereocenters. The van der Waals surface area contributed by atoms with Gasteiger partial charge in [-0.1, -0.05) is 0 Å². The number of sulfone groups is 1. The zero-order valence-corrected chi connectivity index (χ0v) is 13.4. The van der Waals surface area contributed by atoms with Gasteiger partial charge in [0.25, 0.3) is 5.91 Å². The van der Waals surface area contributed by atoms with Crippen LogP contribution in [0.1, 0.15) is 10.4 Å². The second-order valence-electron chi connectivity index (χ2n) is 5.29. The lowest BCUT2D eigenvalue weighted by Crippen LogP contribution is -2.56. The number of benzene rings is 1. The summed E-state index contributed by atoms with van der Waals surface area (Å²) in [6.45, 7) is 0.393. The number of carbonyl (C=O) groups excluding carboxylic acids is 1. The maximum Gasteiger partial charge on any atom is 0.255 e. The minimum absolute atomic E-state index is 0.195. The highest BCUT2D eigenvalue weighted by molar-refractivity contribution is 7.92. The Morgan fingerprint density at radius 3 is 2.48 bits per heavy atom. The normalized spacial score (nSPS) is 15.1. The van der Waals surface area contributed by atoms with Crippen LogP contribution in [0.15, 0.2) is 53.7 Å².